The molecule has 0 radical (unpaired) electrons. The van der Waals surface area contributed by atoms with Gasteiger partial charge in [0, 0.05) is 18.4 Å². The molecule has 84 valence electrons. The fourth-order valence-corrected chi connectivity index (χ4v) is 1.97. The Morgan fingerprint density at radius 2 is 1.81 bits per heavy atom. The number of aromatic nitrogens is 1. The molecule has 0 atom stereocenters. The molecule has 1 aromatic heterocycles. The van der Waals surface area contributed by atoms with E-state index in [2.05, 4.69) is 60.2 Å². The van der Waals surface area contributed by atoms with Crippen molar-refractivity contribution in [3.8, 4) is 0 Å². The third kappa shape index (κ3) is 2.75. The first kappa shape index (κ1) is 11.0. The smallest absolute Gasteiger partial charge is 0.0472 e. The maximum Gasteiger partial charge on any atom is 0.0472 e. The van der Waals surface area contributed by atoms with E-state index < -0.39 is 0 Å². The van der Waals surface area contributed by atoms with Crippen molar-refractivity contribution in [2.24, 2.45) is 0 Å². The molecule has 2 aromatic rings. The highest BCUT2D eigenvalue weighted by Crippen LogP contribution is 2.10. The maximum absolute atomic E-state index is 2.35. The minimum Gasteiger partial charge on any atom is -0.347 e. The van der Waals surface area contributed by atoms with Gasteiger partial charge in [-0.3, -0.25) is 0 Å². The number of hydrogen-bond donors (Lipinski definition) is 0. The Balaban J connectivity index is 2.07. The average Bonchev–Trinajstić information content (AvgIpc) is 2.75. The first-order valence-corrected chi connectivity index (χ1v) is 6.08. The molecule has 1 heteroatoms. The largest absolute Gasteiger partial charge is 0.347 e. The average molecular weight is 213 g/mol. The highest BCUT2D eigenvalue weighted by molar-refractivity contribution is 5.17. The minimum absolute atomic E-state index is 0.993. The van der Waals surface area contributed by atoms with Crippen LogP contribution in [0.15, 0.2) is 48.7 Å². The maximum atomic E-state index is 2.35. The molecule has 1 heterocycles. The highest BCUT2D eigenvalue weighted by atomic mass is 15.0. The second kappa shape index (κ2) is 5.55. The topological polar surface area (TPSA) is 4.93 Å². The molecule has 2 rings (SSSR count). The van der Waals surface area contributed by atoms with Crippen LogP contribution in [0.2, 0.25) is 0 Å². The quantitative estimate of drug-likeness (QED) is 0.710. The zero-order valence-corrected chi connectivity index (χ0v) is 9.89. The standard InChI is InChI=1S/C15H19N/c1-2-3-10-15-11-7-12-16(15)13-14-8-5-4-6-9-14/h4-9,11-12H,2-3,10,13H2,1H3. The van der Waals surface area contributed by atoms with E-state index >= 15 is 0 Å². The molecule has 0 N–H and O–H groups in total. The van der Waals surface area contributed by atoms with Crippen LogP contribution in [0.25, 0.3) is 0 Å². The second-order valence-corrected chi connectivity index (χ2v) is 4.22. The number of nitrogens with zero attached hydrogens (tertiary/aromatic N) is 1. The number of unbranched alkanes of at least 4 members (excludes halogenated alkanes) is 1. The van der Waals surface area contributed by atoms with Crippen LogP contribution >= 0.6 is 0 Å². The Morgan fingerprint density at radius 1 is 1.00 bits per heavy atom. The summed E-state index contributed by atoms with van der Waals surface area (Å²) in [5.74, 6) is 0. The Hall–Kier alpha value is -1.50. The molecule has 0 aliphatic rings. The summed E-state index contributed by atoms with van der Waals surface area (Å²) in [6.07, 6.45) is 5.91. The van der Waals surface area contributed by atoms with Gasteiger partial charge in [0.15, 0.2) is 0 Å². The van der Waals surface area contributed by atoms with Crippen molar-refractivity contribution in [2.75, 3.05) is 0 Å². The van der Waals surface area contributed by atoms with E-state index in [-0.39, 0.29) is 0 Å². The minimum atomic E-state index is 0.993. The number of aryl methyl sites for hydroxylation is 1. The van der Waals surface area contributed by atoms with Gasteiger partial charge >= 0.3 is 0 Å². The molecule has 0 aliphatic carbocycles. The van der Waals surface area contributed by atoms with Crippen molar-refractivity contribution in [1.82, 2.24) is 4.57 Å². The third-order valence-electron chi connectivity index (χ3n) is 2.91. The molecule has 0 fully saturated rings. The third-order valence-corrected chi connectivity index (χ3v) is 2.91. The van der Waals surface area contributed by atoms with Crippen molar-refractivity contribution in [3.63, 3.8) is 0 Å². The van der Waals surface area contributed by atoms with E-state index in [4.69, 9.17) is 0 Å². The van der Waals surface area contributed by atoms with Crippen molar-refractivity contribution < 1.29 is 0 Å². The normalized spacial score (nSPS) is 10.6. The monoisotopic (exact) mass is 213 g/mol. The molecule has 16 heavy (non-hydrogen) atoms. The zero-order chi connectivity index (χ0) is 11.2. The van der Waals surface area contributed by atoms with Crippen molar-refractivity contribution in [3.05, 3.63) is 59.9 Å². The molecule has 0 aliphatic heterocycles. The summed E-state index contributed by atoms with van der Waals surface area (Å²) < 4.78 is 2.35. The lowest BCUT2D eigenvalue weighted by molar-refractivity contribution is 0.697. The lowest BCUT2D eigenvalue weighted by Crippen LogP contribution is -2.02. The van der Waals surface area contributed by atoms with E-state index in [9.17, 15) is 0 Å². The van der Waals surface area contributed by atoms with Gasteiger partial charge in [-0.1, -0.05) is 43.7 Å². The summed E-state index contributed by atoms with van der Waals surface area (Å²) in [7, 11) is 0. The van der Waals surface area contributed by atoms with Crippen LogP contribution in [0.1, 0.15) is 31.0 Å². The van der Waals surface area contributed by atoms with Gasteiger partial charge in [-0.15, -0.1) is 0 Å². The molecule has 0 spiro atoms. The molecule has 0 saturated heterocycles. The summed E-state index contributed by atoms with van der Waals surface area (Å²) >= 11 is 0. The van der Waals surface area contributed by atoms with E-state index in [0.29, 0.717) is 0 Å². The van der Waals surface area contributed by atoms with Gasteiger partial charge in [-0.25, -0.2) is 0 Å². The number of benzene rings is 1. The Labute approximate surface area is 97.7 Å². The van der Waals surface area contributed by atoms with Crippen LogP contribution < -0.4 is 0 Å². The van der Waals surface area contributed by atoms with E-state index in [1.807, 2.05) is 0 Å². The van der Waals surface area contributed by atoms with Crippen LogP contribution in [-0.2, 0) is 13.0 Å². The van der Waals surface area contributed by atoms with E-state index in [1.165, 1.54) is 30.5 Å². The second-order valence-electron chi connectivity index (χ2n) is 4.22. The van der Waals surface area contributed by atoms with Crippen molar-refractivity contribution in [2.45, 2.75) is 32.7 Å². The van der Waals surface area contributed by atoms with Crippen molar-refractivity contribution in [1.29, 1.82) is 0 Å². The van der Waals surface area contributed by atoms with Gasteiger partial charge in [0.2, 0.25) is 0 Å². The van der Waals surface area contributed by atoms with Crippen LogP contribution in [0.4, 0.5) is 0 Å². The Kier molecular flexibility index (Phi) is 3.81. The first-order chi connectivity index (χ1) is 7.90. The fraction of sp³-hybridized carbons (Fsp3) is 0.333. The van der Waals surface area contributed by atoms with Gasteiger partial charge in [0.1, 0.15) is 0 Å². The van der Waals surface area contributed by atoms with Gasteiger partial charge in [-0.05, 0) is 30.5 Å². The van der Waals surface area contributed by atoms with Crippen LogP contribution in [0, 0.1) is 0 Å². The summed E-state index contributed by atoms with van der Waals surface area (Å²) in [6, 6.07) is 15.0. The molecule has 0 amide bonds. The predicted octanol–water partition coefficient (Wildman–Crippen LogP) is 3.88. The Morgan fingerprint density at radius 3 is 2.56 bits per heavy atom. The molecule has 0 unspecified atom stereocenters. The summed E-state index contributed by atoms with van der Waals surface area (Å²) in [6.45, 7) is 3.23. The van der Waals surface area contributed by atoms with E-state index in [1.54, 1.807) is 0 Å². The first-order valence-electron chi connectivity index (χ1n) is 6.08. The van der Waals surface area contributed by atoms with Crippen LogP contribution in [-0.4, -0.2) is 4.57 Å². The van der Waals surface area contributed by atoms with Gasteiger partial charge < -0.3 is 4.57 Å². The summed E-state index contributed by atoms with van der Waals surface area (Å²) in [4.78, 5) is 0. The van der Waals surface area contributed by atoms with E-state index in [0.717, 1.165) is 6.54 Å². The zero-order valence-electron chi connectivity index (χ0n) is 9.89. The molecular formula is C15H19N. The van der Waals surface area contributed by atoms with Gasteiger partial charge in [-0.2, -0.15) is 0 Å². The number of hydrogen-bond acceptors (Lipinski definition) is 0. The molecule has 0 bridgehead atoms. The van der Waals surface area contributed by atoms with Crippen LogP contribution in [0.3, 0.4) is 0 Å². The molecule has 1 nitrogen and oxygen atoms in total. The summed E-state index contributed by atoms with van der Waals surface area (Å²) in [5, 5.41) is 0. The molecular weight excluding hydrogens is 194 g/mol. The lowest BCUT2D eigenvalue weighted by Gasteiger charge is -2.08. The SMILES string of the molecule is CCCCc1cccn1Cc1ccccc1. The van der Waals surface area contributed by atoms with Gasteiger partial charge in [0.05, 0.1) is 0 Å². The summed E-state index contributed by atoms with van der Waals surface area (Å²) in [5.41, 5.74) is 2.82. The molecule has 1 aromatic carbocycles. The van der Waals surface area contributed by atoms with Crippen LogP contribution in [0.5, 0.6) is 0 Å². The number of rotatable bonds is 5. The highest BCUT2D eigenvalue weighted by Gasteiger charge is 2.00. The Bertz CT molecular complexity index is 414. The fourth-order valence-electron chi connectivity index (χ4n) is 1.97. The van der Waals surface area contributed by atoms with Gasteiger partial charge in [0.25, 0.3) is 0 Å². The van der Waals surface area contributed by atoms with Crippen molar-refractivity contribution >= 4 is 0 Å². The lowest BCUT2D eigenvalue weighted by atomic mass is 10.2. The molecule has 0 saturated carbocycles. The predicted molar refractivity (Wildman–Crippen MR) is 68.6 cm³/mol.